The maximum Gasteiger partial charge on any atom is 0.337 e. The van der Waals surface area contributed by atoms with Gasteiger partial charge in [-0.25, -0.2) is 14.4 Å². The number of imide groups is 1. The average molecular weight is 346 g/mol. The first-order chi connectivity index (χ1) is 12.0. The van der Waals surface area contributed by atoms with E-state index in [1.165, 1.54) is 13.2 Å². The topological polar surface area (TPSA) is 111 Å². The van der Waals surface area contributed by atoms with Crippen LogP contribution >= 0.6 is 0 Å². The van der Waals surface area contributed by atoms with Crippen molar-refractivity contribution in [2.45, 2.75) is 18.9 Å². The molecule has 1 aromatic carbocycles. The molecular formula is C17H18N2O6. The van der Waals surface area contributed by atoms with Crippen LogP contribution in [0.1, 0.15) is 28.8 Å². The van der Waals surface area contributed by atoms with Crippen LogP contribution in [0.5, 0.6) is 0 Å². The number of esters is 2. The number of benzene rings is 1. The van der Waals surface area contributed by atoms with E-state index in [2.05, 4.69) is 15.4 Å². The van der Waals surface area contributed by atoms with Gasteiger partial charge in [-0.15, -0.1) is 0 Å². The lowest BCUT2D eigenvalue weighted by Crippen LogP contribution is -2.42. The predicted octanol–water partition coefficient (Wildman–Crippen LogP) is 1.02. The number of hydrogen-bond acceptors (Lipinski definition) is 6. The largest absolute Gasteiger partial charge is 0.465 e. The zero-order chi connectivity index (χ0) is 18.2. The molecule has 3 amide bonds. The lowest BCUT2D eigenvalue weighted by atomic mass is 10.1. The maximum atomic E-state index is 11.6. The van der Waals surface area contributed by atoms with Crippen LogP contribution < -0.4 is 10.6 Å². The van der Waals surface area contributed by atoms with Gasteiger partial charge in [0.05, 0.1) is 12.7 Å². The molecular weight excluding hydrogens is 328 g/mol. The quantitative estimate of drug-likeness (QED) is 0.588. The second-order valence-corrected chi connectivity index (χ2v) is 5.35. The number of methoxy groups -OCH3 is 1. The van der Waals surface area contributed by atoms with Crippen molar-refractivity contribution >= 4 is 30.0 Å². The van der Waals surface area contributed by atoms with E-state index in [1.54, 1.807) is 24.3 Å². The fourth-order valence-electron chi connectivity index (χ4n) is 1.81. The number of carbonyl (C=O) groups excluding carboxylic acids is 4. The molecule has 1 aromatic rings. The first-order valence-corrected chi connectivity index (χ1v) is 7.61. The molecule has 2 N–H and O–H groups in total. The van der Waals surface area contributed by atoms with Crippen LogP contribution in [0.15, 0.2) is 30.3 Å². The van der Waals surface area contributed by atoms with Gasteiger partial charge in [0.2, 0.25) is 0 Å². The normalized spacial score (nSPS) is 13.2. The van der Waals surface area contributed by atoms with E-state index in [9.17, 15) is 19.2 Å². The van der Waals surface area contributed by atoms with Gasteiger partial charge in [-0.05, 0) is 36.6 Å². The molecule has 0 atom stereocenters. The third-order valence-corrected chi connectivity index (χ3v) is 3.25. The summed E-state index contributed by atoms with van der Waals surface area (Å²) < 4.78 is 9.32. The Balaban J connectivity index is 1.73. The Labute approximate surface area is 144 Å². The maximum absolute atomic E-state index is 11.6. The van der Waals surface area contributed by atoms with E-state index in [0.717, 1.165) is 18.9 Å². The van der Waals surface area contributed by atoms with Crippen LogP contribution in [-0.4, -0.2) is 43.6 Å². The van der Waals surface area contributed by atoms with Crippen molar-refractivity contribution in [3.63, 3.8) is 0 Å². The van der Waals surface area contributed by atoms with E-state index in [4.69, 9.17) is 4.74 Å². The first kappa shape index (κ1) is 18.2. The summed E-state index contributed by atoms with van der Waals surface area (Å²) in [4.78, 5) is 45.6. The van der Waals surface area contributed by atoms with Gasteiger partial charge in [0.15, 0.2) is 6.61 Å². The van der Waals surface area contributed by atoms with E-state index >= 15 is 0 Å². The molecule has 1 aliphatic carbocycles. The number of rotatable bonds is 6. The third-order valence-electron chi connectivity index (χ3n) is 3.25. The smallest absolute Gasteiger partial charge is 0.337 e. The Morgan fingerprint density at radius 1 is 1.16 bits per heavy atom. The van der Waals surface area contributed by atoms with Crippen molar-refractivity contribution in [2.75, 3.05) is 13.7 Å². The summed E-state index contributed by atoms with van der Waals surface area (Å²) in [5.41, 5.74) is 1.06. The van der Waals surface area contributed by atoms with E-state index in [0.29, 0.717) is 11.1 Å². The van der Waals surface area contributed by atoms with Gasteiger partial charge in [0.25, 0.3) is 5.91 Å². The molecule has 8 heteroatoms. The highest BCUT2D eigenvalue weighted by atomic mass is 16.5. The van der Waals surface area contributed by atoms with Gasteiger partial charge in [0.1, 0.15) is 0 Å². The number of nitrogens with one attached hydrogen (secondary N) is 2. The Morgan fingerprint density at radius 2 is 1.84 bits per heavy atom. The molecule has 8 nitrogen and oxygen atoms in total. The summed E-state index contributed by atoms with van der Waals surface area (Å²) in [6.07, 6.45) is 4.43. The summed E-state index contributed by atoms with van der Waals surface area (Å²) in [7, 11) is 1.29. The number of carbonyl (C=O) groups is 4. The predicted molar refractivity (Wildman–Crippen MR) is 87.5 cm³/mol. The van der Waals surface area contributed by atoms with E-state index < -0.39 is 30.5 Å². The van der Waals surface area contributed by atoms with Crippen LogP contribution in [0.2, 0.25) is 0 Å². The summed E-state index contributed by atoms with van der Waals surface area (Å²) >= 11 is 0. The van der Waals surface area contributed by atoms with Crippen molar-refractivity contribution in [3.05, 3.63) is 41.5 Å². The molecule has 1 saturated carbocycles. The van der Waals surface area contributed by atoms with Crippen molar-refractivity contribution in [1.29, 1.82) is 0 Å². The molecule has 0 bridgehead atoms. The molecule has 0 radical (unpaired) electrons. The monoisotopic (exact) mass is 346 g/mol. The van der Waals surface area contributed by atoms with Gasteiger partial charge in [-0.2, -0.15) is 0 Å². The highest BCUT2D eigenvalue weighted by Gasteiger charge is 2.23. The second-order valence-electron chi connectivity index (χ2n) is 5.35. The zero-order valence-corrected chi connectivity index (χ0v) is 13.6. The fraction of sp³-hybridized carbons (Fsp3) is 0.294. The standard InChI is InChI=1S/C17H18N2O6/c1-24-16(22)12-5-2-11(3-6-12)4-9-15(21)25-10-14(20)19-17(23)18-13-7-8-13/h2-6,9,13H,7-8,10H2,1H3,(H2,18,19,20,23)/b9-4+. The number of ether oxygens (including phenoxy) is 2. The highest BCUT2D eigenvalue weighted by molar-refractivity contribution is 5.96. The number of amides is 3. The summed E-state index contributed by atoms with van der Waals surface area (Å²) in [5, 5.41) is 4.65. The van der Waals surface area contributed by atoms with Crippen molar-refractivity contribution in [3.8, 4) is 0 Å². The number of urea groups is 1. The molecule has 0 aromatic heterocycles. The molecule has 2 rings (SSSR count). The van der Waals surface area contributed by atoms with Crippen molar-refractivity contribution in [2.24, 2.45) is 0 Å². The van der Waals surface area contributed by atoms with E-state index in [-0.39, 0.29) is 6.04 Å². The molecule has 132 valence electrons. The summed E-state index contributed by atoms with van der Waals surface area (Å²) in [6, 6.07) is 5.91. The Morgan fingerprint density at radius 3 is 2.44 bits per heavy atom. The summed E-state index contributed by atoms with van der Waals surface area (Å²) in [6.45, 7) is -0.553. The fourth-order valence-corrected chi connectivity index (χ4v) is 1.81. The third kappa shape index (κ3) is 6.46. The van der Waals surface area contributed by atoms with Crippen molar-refractivity contribution in [1.82, 2.24) is 10.6 Å². The lowest BCUT2D eigenvalue weighted by Gasteiger charge is -2.05. The molecule has 0 aliphatic heterocycles. The van der Waals surface area contributed by atoms with Crippen LogP contribution in [0, 0.1) is 0 Å². The molecule has 25 heavy (non-hydrogen) atoms. The minimum absolute atomic E-state index is 0.129. The lowest BCUT2D eigenvalue weighted by molar-refractivity contribution is -0.143. The minimum atomic E-state index is -0.727. The number of hydrogen-bond donors (Lipinski definition) is 2. The van der Waals surface area contributed by atoms with Crippen molar-refractivity contribution < 1.29 is 28.7 Å². The van der Waals surface area contributed by atoms with Gasteiger partial charge in [-0.3, -0.25) is 10.1 Å². The van der Waals surface area contributed by atoms with Crippen LogP contribution in [0.25, 0.3) is 6.08 Å². The average Bonchev–Trinajstić information content (AvgIpc) is 3.41. The van der Waals surface area contributed by atoms with Gasteiger partial charge < -0.3 is 14.8 Å². The second kappa shape index (κ2) is 8.62. The molecule has 1 fully saturated rings. The molecule has 0 spiro atoms. The van der Waals surface area contributed by atoms with Gasteiger partial charge in [-0.1, -0.05) is 12.1 Å². The van der Waals surface area contributed by atoms with Gasteiger partial charge >= 0.3 is 18.0 Å². The highest BCUT2D eigenvalue weighted by Crippen LogP contribution is 2.18. The molecule has 0 heterocycles. The minimum Gasteiger partial charge on any atom is -0.465 e. The van der Waals surface area contributed by atoms with Crippen LogP contribution in [-0.2, 0) is 19.1 Å². The first-order valence-electron chi connectivity index (χ1n) is 7.61. The summed E-state index contributed by atoms with van der Waals surface area (Å²) in [5.74, 6) is -1.89. The Bertz CT molecular complexity index is 692. The molecule has 0 saturated heterocycles. The van der Waals surface area contributed by atoms with Crippen LogP contribution in [0.4, 0.5) is 4.79 Å². The zero-order valence-electron chi connectivity index (χ0n) is 13.6. The Kier molecular flexibility index (Phi) is 6.27. The van der Waals surface area contributed by atoms with Gasteiger partial charge in [0, 0.05) is 12.1 Å². The molecule has 0 unspecified atom stereocenters. The SMILES string of the molecule is COC(=O)c1ccc(/C=C/C(=O)OCC(=O)NC(=O)NC2CC2)cc1. The molecule has 1 aliphatic rings. The van der Waals surface area contributed by atoms with Crippen LogP contribution in [0.3, 0.4) is 0 Å². The Hall–Kier alpha value is -3.16. The van der Waals surface area contributed by atoms with E-state index in [1.807, 2.05) is 0 Å².